The highest BCUT2D eigenvalue weighted by Gasteiger charge is 2.30. The predicted octanol–water partition coefficient (Wildman–Crippen LogP) is 5.41. The van der Waals surface area contributed by atoms with Crippen molar-refractivity contribution in [2.45, 2.75) is 26.4 Å². The number of halogens is 3. The number of nitrogens with zero attached hydrogens (tertiary/aromatic N) is 2. The molecule has 0 unspecified atom stereocenters. The molecular weight excluding hydrogens is 411 g/mol. The number of fused-ring (bicyclic) bond motifs is 1. The van der Waals surface area contributed by atoms with Crippen molar-refractivity contribution in [2.75, 3.05) is 0 Å². The number of carbonyl (C=O) groups excluding carboxylic acids is 1. The van der Waals surface area contributed by atoms with Gasteiger partial charge in [0.2, 0.25) is 0 Å². The molecule has 8 heteroatoms. The van der Waals surface area contributed by atoms with Gasteiger partial charge in [0, 0.05) is 11.3 Å². The van der Waals surface area contributed by atoms with Crippen LogP contribution in [0.25, 0.3) is 15.8 Å². The Kier molecular flexibility index (Phi) is 4.89. The van der Waals surface area contributed by atoms with Gasteiger partial charge in [-0.05, 0) is 43.0 Å². The Morgan fingerprint density at radius 3 is 2.53 bits per heavy atom. The van der Waals surface area contributed by atoms with Gasteiger partial charge in [-0.3, -0.25) is 4.79 Å². The van der Waals surface area contributed by atoms with E-state index in [4.69, 9.17) is 5.73 Å². The van der Waals surface area contributed by atoms with Gasteiger partial charge in [0.1, 0.15) is 0 Å². The molecule has 0 aliphatic carbocycles. The van der Waals surface area contributed by atoms with Crippen LogP contribution in [0.4, 0.5) is 13.2 Å². The van der Waals surface area contributed by atoms with Crippen LogP contribution in [0.3, 0.4) is 0 Å². The number of alkyl halides is 3. The van der Waals surface area contributed by atoms with Gasteiger partial charge in [-0.25, -0.2) is 4.68 Å². The van der Waals surface area contributed by atoms with Crippen molar-refractivity contribution in [3.8, 4) is 5.69 Å². The Hall–Kier alpha value is -3.13. The first-order valence-electron chi connectivity index (χ1n) is 9.19. The zero-order valence-corrected chi connectivity index (χ0v) is 17.1. The summed E-state index contributed by atoms with van der Waals surface area (Å²) in [4.78, 5) is 12.7. The molecule has 0 saturated carbocycles. The molecule has 4 nitrogen and oxygen atoms in total. The van der Waals surface area contributed by atoms with Crippen molar-refractivity contribution in [3.63, 3.8) is 0 Å². The zero-order chi connectivity index (χ0) is 21.6. The van der Waals surface area contributed by atoms with Crippen LogP contribution in [-0.4, -0.2) is 15.7 Å². The molecule has 0 atom stereocenters. The van der Waals surface area contributed by atoms with Crippen LogP contribution in [0.2, 0.25) is 0 Å². The summed E-state index contributed by atoms with van der Waals surface area (Å²) in [6.07, 6.45) is -3.97. The largest absolute Gasteiger partial charge is 0.416 e. The third-order valence-corrected chi connectivity index (χ3v) is 6.15. The molecule has 2 aromatic heterocycles. The number of thiophene rings is 1. The van der Waals surface area contributed by atoms with Gasteiger partial charge in [0.05, 0.1) is 32.9 Å². The number of amides is 1. The van der Waals surface area contributed by atoms with Gasteiger partial charge in [-0.15, -0.1) is 11.3 Å². The molecule has 4 rings (SSSR count). The molecule has 2 aromatic carbocycles. The van der Waals surface area contributed by atoms with Crippen LogP contribution in [0, 0.1) is 13.8 Å². The average molecular weight is 429 g/mol. The fourth-order valence-electron chi connectivity index (χ4n) is 3.65. The van der Waals surface area contributed by atoms with Crippen LogP contribution < -0.4 is 5.73 Å². The second-order valence-electron chi connectivity index (χ2n) is 7.10. The molecule has 0 aliphatic rings. The lowest BCUT2D eigenvalue weighted by Gasteiger charge is -2.08. The molecule has 2 N–H and O–H groups in total. The Bertz CT molecular complexity index is 1270. The van der Waals surface area contributed by atoms with E-state index in [1.807, 2.05) is 24.3 Å². The maximum atomic E-state index is 13.0. The maximum absolute atomic E-state index is 13.0. The molecule has 0 saturated heterocycles. The van der Waals surface area contributed by atoms with Gasteiger partial charge >= 0.3 is 6.18 Å². The summed E-state index contributed by atoms with van der Waals surface area (Å²) in [5, 5.41) is 5.45. The summed E-state index contributed by atoms with van der Waals surface area (Å²) in [5.41, 5.74) is 7.84. The van der Waals surface area contributed by atoms with E-state index in [9.17, 15) is 18.0 Å². The topological polar surface area (TPSA) is 60.9 Å². The first-order chi connectivity index (χ1) is 14.1. The number of hydrogen-bond acceptors (Lipinski definition) is 3. The maximum Gasteiger partial charge on any atom is 0.416 e. The van der Waals surface area contributed by atoms with Crippen LogP contribution in [0.5, 0.6) is 0 Å². The first kappa shape index (κ1) is 20.2. The smallest absolute Gasteiger partial charge is 0.365 e. The molecule has 0 radical (unpaired) electrons. The lowest BCUT2D eigenvalue weighted by atomic mass is 10.1. The molecule has 0 bridgehead atoms. The van der Waals surface area contributed by atoms with Crippen molar-refractivity contribution in [2.24, 2.45) is 5.73 Å². The Morgan fingerprint density at radius 2 is 1.87 bits per heavy atom. The molecule has 0 aliphatic heterocycles. The van der Waals surface area contributed by atoms with Crippen LogP contribution in [0.15, 0.2) is 48.5 Å². The second kappa shape index (κ2) is 7.28. The first-order valence-corrected chi connectivity index (χ1v) is 10.0. The van der Waals surface area contributed by atoms with Gasteiger partial charge in [0.25, 0.3) is 5.91 Å². The molecule has 154 valence electrons. The minimum Gasteiger partial charge on any atom is -0.365 e. The Morgan fingerprint density at radius 1 is 1.13 bits per heavy atom. The second-order valence-corrected chi connectivity index (χ2v) is 8.24. The monoisotopic (exact) mass is 429 g/mol. The van der Waals surface area contributed by atoms with E-state index in [1.165, 1.54) is 23.5 Å². The van der Waals surface area contributed by atoms with Gasteiger partial charge in [0.15, 0.2) is 0 Å². The van der Waals surface area contributed by atoms with E-state index < -0.39 is 17.6 Å². The van der Waals surface area contributed by atoms with E-state index in [-0.39, 0.29) is 0 Å². The van der Waals surface area contributed by atoms with Crippen molar-refractivity contribution < 1.29 is 18.0 Å². The number of nitrogens with two attached hydrogens (primary N) is 1. The molecular formula is C22H18F3N3OS. The highest BCUT2D eigenvalue weighted by molar-refractivity contribution is 7.19. The zero-order valence-electron chi connectivity index (χ0n) is 16.2. The van der Waals surface area contributed by atoms with E-state index in [2.05, 4.69) is 5.10 Å². The van der Waals surface area contributed by atoms with Crippen LogP contribution >= 0.6 is 11.3 Å². The lowest BCUT2D eigenvalue weighted by molar-refractivity contribution is -0.137. The van der Waals surface area contributed by atoms with E-state index in [1.54, 1.807) is 24.6 Å². The fourth-order valence-corrected chi connectivity index (χ4v) is 4.84. The lowest BCUT2D eigenvalue weighted by Crippen LogP contribution is -2.13. The predicted molar refractivity (Wildman–Crippen MR) is 111 cm³/mol. The highest BCUT2D eigenvalue weighted by Crippen LogP contribution is 2.34. The minimum atomic E-state index is -4.36. The summed E-state index contributed by atoms with van der Waals surface area (Å²) >= 11 is 1.50. The number of carbonyl (C=O) groups is 1. The standard InChI is InChI=1S/C22H18F3N3OS/c1-12-19(21(26)29)13(2)28(27-12)18-8-4-6-15-11-17(30-20(15)18)10-14-5-3-7-16(9-14)22(23,24)25/h3-9,11H,10H2,1-2H3,(H2,26,29). The van der Waals surface area contributed by atoms with E-state index in [0.717, 1.165) is 26.7 Å². The third kappa shape index (κ3) is 3.59. The summed E-state index contributed by atoms with van der Waals surface area (Å²) < 4.78 is 41.7. The van der Waals surface area contributed by atoms with Gasteiger partial charge in [-0.1, -0.05) is 30.3 Å². The third-order valence-electron chi connectivity index (χ3n) is 4.97. The summed E-state index contributed by atoms with van der Waals surface area (Å²) in [6, 6.07) is 13.1. The van der Waals surface area contributed by atoms with Gasteiger partial charge < -0.3 is 5.73 Å². The summed E-state index contributed by atoms with van der Waals surface area (Å²) in [7, 11) is 0. The Balaban J connectivity index is 1.76. The number of hydrogen-bond donors (Lipinski definition) is 1. The number of aryl methyl sites for hydroxylation is 1. The van der Waals surface area contributed by atoms with Gasteiger partial charge in [-0.2, -0.15) is 18.3 Å². The van der Waals surface area contributed by atoms with Crippen molar-refractivity contribution in [1.29, 1.82) is 0 Å². The normalized spacial score (nSPS) is 11.9. The number of aromatic nitrogens is 2. The van der Waals surface area contributed by atoms with Crippen molar-refractivity contribution >= 4 is 27.3 Å². The summed E-state index contributed by atoms with van der Waals surface area (Å²) in [5.74, 6) is -0.528. The number of benzene rings is 2. The molecule has 0 spiro atoms. The highest BCUT2D eigenvalue weighted by atomic mass is 32.1. The van der Waals surface area contributed by atoms with E-state index >= 15 is 0 Å². The summed E-state index contributed by atoms with van der Waals surface area (Å²) in [6.45, 7) is 3.52. The van der Waals surface area contributed by atoms with Crippen molar-refractivity contribution in [1.82, 2.24) is 9.78 Å². The van der Waals surface area contributed by atoms with Crippen LogP contribution in [-0.2, 0) is 12.6 Å². The fraction of sp³-hybridized carbons (Fsp3) is 0.182. The van der Waals surface area contributed by atoms with E-state index in [0.29, 0.717) is 28.9 Å². The molecule has 1 amide bonds. The molecule has 4 aromatic rings. The Labute approximate surface area is 174 Å². The molecule has 0 fully saturated rings. The number of primary amides is 1. The molecule has 2 heterocycles. The minimum absolute atomic E-state index is 0.395. The average Bonchev–Trinajstić information content (AvgIpc) is 3.20. The number of rotatable bonds is 4. The molecule has 30 heavy (non-hydrogen) atoms. The SMILES string of the molecule is Cc1nn(-c2cccc3cc(Cc4cccc(C(F)(F)F)c4)sc23)c(C)c1C(N)=O. The quantitative estimate of drug-likeness (QED) is 0.471. The van der Waals surface area contributed by atoms with Crippen LogP contribution in [0.1, 0.15) is 37.7 Å². The van der Waals surface area contributed by atoms with Crippen molar-refractivity contribution in [3.05, 3.63) is 81.5 Å².